The minimum absolute atomic E-state index is 0.170. The van der Waals surface area contributed by atoms with Crippen molar-refractivity contribution in [1.29, 1.82) is 0 Å². The molecule has 1 fully saturated rings. The van der Waals surface area contributed by atoms with E-state index in [1.807, 2.05) is 13.8 Å². The summed E-state index contributed by atoms with van der Waals surface area (Å²) in [5, 5.41) is 2.94. The molecule has 1 aliphatic rings. The number of hydrogen-bond acceptors (Lipinski definition) is 5. The Balaban J connectivity index is 2.22. The van der Waals surface area contributed by atoms with E-state index in [-0.39, 0.29) is 17.9 Å². The molecule has 2 rings (SSSR count). The second-order valence-electron chi connectivity index (χ2n) is 5.08. The van der Waals surface area contributed by atoms with E-state index >= 15 is 0 Å². The second-order valence-corrected chi connectivity index (χ2v) is 5.08. The van der Waals surface area contributed by atoms with Crippen LogP contribution >= 0.6 is 0 Å². The molecule has 0 saturated heterocycles. The van der Waals surface area contributed by atoms with Gasteiger partial charge in [0.1, 0.15) is 5.82 Å². The van der Waals surface area contributed by atoms with E-state index in [0.29, 0.717) is 23.1 Å². The van der Waals surface area contributed by atoms with Crippen LogP contribution in [0.15, 0.2) is 6.20 Å². The summed E-state index contributed by atoms with van der Waals surface area (Å²) in [5.41, 5.74) is 3.23. The summed E-state index contributed by atoms with van der Waals surface area (Å²) in [6.45, 7) is 6.07. The number of anilines is 1. The molecule has 0 aliphatic heterocycles. The molecule has 1 heterocycles. The van der Waals surface area contributed by atoms with Gasteiger partial charge >= 0.3 is 0 Å². The van der Waals surface area contributed by atoms with Gasteiger partial charge in [-0.25, -0.2) is 9.97 Å². The van der Waals surface area contributed by atoms with Crippen LogP contribution in [0, 0.1) is 5.92 Å². The quantitative estimate of drug-likeness (QED) is 0.547. The van der Waals surface area contributed by atoms with Crippen LogP contribution in [-0.2, 0) is 0 Å². The number of nitrogens with zero attached hydrogens (tertiary/aromatic N) is 2. The first kappa shape index (κ1) is 12.8. The summed E-state index contributed by atoms with van der Waals surface area (Å²) >= 11 is 0. The largest absolute Gasteiger partial charge is 0.348 e. The van der Waals surface area contributed by atoms with E-state index < -0.39 is 0 Å². The van der Waals surface area contributed by atoms with E-state index in [1.54, 1.807) is 6.20 Å². The molecule has 0 spiro atoms. The van der Waals surface area contributed by atoms with Crippen LogP contribution in [-0.4, -0.2) is 21.9 Å². The lowest BCUT2D eigenvalue weighted by Gasteiger charge is -2.11. The van der Waals surface area contributed by atoms with Crippen molar-refractivity contribution in [2.24, 2.45) is 11.8 Å². The van der Waals surface area contributed by atoms with Gasteiger partial charge in [-0.2, -0.15) is 0 Å². The van der Waals surface area contributed by atoms with Crippen LogP contribution in [0.2, 0.25) is 0 Å². The molecule has 1 aromatic rings. The SMILES string of the molecule is CC(C)c1ncc(NN)c(C(=O)NC2CC2C)n1. The maximum atomic E-state index is 12.1. The van der Waals surface area contributed by atoms with Crippen LogP contribution in [0.5, 0.6) is 0 Å². The zero-order valence-corrected chi connectivity index (χ0v) is 10.9. The predicted octanol–water partition coefficient (Wildman–Crippen LogP) is 1.02. The van der Waals surface area contributed by atoms with Crippen molar-refractivity contribution in [3.05, 3.63) is 17.7 Å². The van der Waals surface area contributed by atoms with Crippen molar-refractivity contribution in [1.82, 2.24) is 15.3 Å². The number of carbonyl (C=O) groups excluding carboxylic acids is 1. The predicted molar refractivity (Wildman–Crippen MR) is 69.0 cm³/mol. The smallest absolute Gasteiger partial charge is 0.272 e. The molecule has 1 aromatic heterocycles. The lowest BCUT2D eigenvalue weighted by atomic mass is 10.2. The molecule has 1 saturated carbocycles. The van der Waals surface area contributed by atoms with Crippen LogP contribution in [0.4, 0.5) is 5.69 Å². The zero-order chi connectivity index (χ0) is 13.3. The summed E-state index contributed by atoms with van der Waals surface area (Å²) in [6.07, 6.45) is 2.58. The van der Waals surface area contributed by atoms with Gasteiger partial charge in [0, 0.05) is 12.0 Å². The van der Waals surface area contributed by atoms with Crippen LogP contribution < -0.4 is 16.6 Å². The van der Waals surface area contributed by atoms with Gasteiger partial charge in [0.25, 0.3) is 5.91 Å². The Kier molecular flexibility index (Phi) is 3.47. The Morgan fingerprint density at radius 3 is 2.72 bits per heavy atom. The van der Waals surface area contributed by atoms with Gasteiger partial charge in [-0.3, -0.25) is 10.6 Å². The molecular formula is C12H19N5O. The number of carbonyl (C=O) groups is 1. The number of nitrogens with two attached hydrogens (primary N) is 1. The standard InChI is InChI=1S/C12H19N5O/c1-6(2)11-14-5-9(17-13)10(16-11)12(18)15-8-4-7(8)3/h5-8,17H,4,13H2,1-3H3,(H,15,18). The zero-order valence-electron chi connectivity index (χ0n) is 10.9. The van der Waals surface area contributed by atoms with Gasteiger partial charge < -0.3 is 10.7 Å². The maximum Gasteiger partial charge on any atom is 0.272 e. The Morgan fingerprint density at radius 2 is 2.22 bits per heavy atom. The number of hydrazine groups is 1. The van der Waals surface area contributed by atoms with E-state index in [0.717, 1.165) is 6.42 Å². The van der Waals surface area contributed by atoms with Crippen molar-refractivity contribution in [3.8, 4) is 0 Å². The van der Waals surface area contributed by atoms with Crippen molar-refractivity contribution >= 4 is 11.6 Å². The fourth-order valence-electron chi connectivity index (χ4n) is 1.71. The normalized spacial score (nSPS) is 21.8. The van der Waals surface area contributed by atoms with Crippen LogP contribution in [0.1, 0.15) is 49.4 Å². The molecule has 6 heteroatoms. The highest BCUT2D eigenvalue weighted by atomic mass is 16.2. The van der Waals surface area contributed by atoms with Gasteiger partial charge in [-0.05, 0) is 12.3 Å². The van der Waals surface area contributed by atoms with Crippen molar-refractivity contribution in [3.63, 3.8) is 0 Å². The van der Waals surface area contributed by atoms with Crippen LogP contribution in [0.25, 0.3) is 0 Å². The molecule has 2 unspecified atom stereocenters. The van der Waals surface area contributed by atoms with Crippen molar-refractivity contribution < 1.29 is 4.79 Å². The monoisotopic (exact) mass is 249 g/mol. The fourth-order valence-corrected chi connectivity index (χ4v) is 1.71. The molecule has 0 aromatic carbocycles. The molecule has 0 bridgehead atoms. The van der Waals surface area contributed by atoms with Crippen molar-refractivity contribution in [2.45, 2.75) is 39.2 Å². The first-order valence-corrected chi connectivity index (χ1v) is 6.17. The molecule has 2 atom stereocenters. The van der Waals surface area contributed by atoms with Gasteiger partial charge in [0.15, 0.2) is 5.69 Å². The third-order valence-corrected chi connectivity index (χ3v) is 3.12. The third-order valence-electron chi connectivity index (χ3n) is 3.12. The molecule has 0 radical (unpaired) electrons. The third kappa shape index (κ3) is 2.59. The minimum Gasteiger partial charge on any atom is -0.348 e. The molecule has 4 N–H and O–H groups in total. The van der Waals surface area contributed by atoms with E-state index in [4.69, 9.17) is 5.84 Å². The summed E-state index contributed by atoms with van der Waals surface area (Å²) < 4.78 is 0. The molecule has 98 valence electrons. The average molecular weight is 249 g/mol. The summed E-state index contributed by atoms with van der Waals surface area (Å²) in [6, 6.07) is 0.264. The van der Waals surface area contributed by atoms with Gasteiger partial charge in [0.05, 0.1) is 11.9 Å². The van der Waals surface area contributed by atoms with Crippen molar-refractivity contribution in [2.75, 3.05) is 5.43 Å². The Labute approximate surface area is 106 Å². The highest BCUT2D eigenvalue weighted by Crippen LogP contribution is 2.29. The topological polar surface area (TPSA) is 92.9 Å². The van der Waals surface area contributed by atoms with E-state index in [9.17, 15) is 4.79 Å². The molecule has 18 heavy (non-hydrogen) atoms. The summed E-state index contributed by atoms with van der Waals surface area (Å²) in [4.78, 5) is 20.5. The molecule has 1 aliphatic carbocycles. The highest BCUT2D eigenvalue weighted by molar-refractivity contribution is 5.97. The molecule has 6 nitrogen and oxygen atoms in total. The lowest BCUT2D eigenvalue weighted by Crippen LogP contribution is -2.29. The highest BCUT2D eigenvalue weighted by Gasteiger charge is 2.34. The van der Waals surface area contributed by atoms with Crippen LogP contribution in [0.3, 0.4) is 0 Å². The first-order valence-electron chi connectivity index (χ1n) is 6.17. The Bertz CT molecular complexity index is 460. The number of aromatic nitrogens is 2. The second kappa shape index (κ2) is 4.89. The number of nitrogens with one attached hydrogen (secondary N) is 2. The van der Waals surface area contributed by atoms with Gasteiger partial charge in [-0.15, -0.1) is 0 Å². The van der Waals surface area contributed by atoms with E-state index in [2.05, 4.69) is 27.6 Å². The molecular weight excluding hydrogens is 230 g/mol. The molecule has 1 amide bonds. The van der Waals surface area contributed by atoms with E-state index in [1.165, 1.54) is 0 Å². The Morgan fingerprint density at radius 1 is 1.56 bits per heavy atom. The average Bonchev–Trinajstić information content (AvgIpc) is 3.03. The number of nitrogen functional groups attached to an aromatic ring is 1. The minimum atomic E-state index is -0.193. The maximum absolute atomic E-state index is 12.1. The fraction of sp³-hybridized carbons (Fsp3) is 0.583. The van der Waals surface area contributed by atoms with Gasteiger partial charge in [-0.1, -0.05) is 20.8 Å². The number of rotatable bonds is 4. The van der Waals surface area contributed by atoms with Gasteiger partial charge in [0.2, 0.25) is 0 Å². The summed E-state index contributed by atoms with van der Waals surface area (Å²) in [7, 11) is 0. The first-order chi connectivity index (χ1) is 8.52. The Hall–Kier alpha value is -1.69. The lowest BCUT2D eigenvalue weighted by molar-refractivity contribution is 0.0944. The number of hydrogen-bond donors (Lipinski definition) is 3. The summed E-state index contributed by atoms with van der Waals surface area (Å²) in [5.74, 6) is 6.55. The number of amides is 1.